The van der Waals surface area contributed by atoms with E-state index in [1.807, 2.05) is 12.3 Å². The lowest BCUT2D eigenvalue weighted by molar-refractivity contribution is 0.0576. The molecular formula is C14H16BrClN4. The van der Waals surface area contributed by atoms with Gasteiger partial charge in [-0.3, -0.25) is 0 Å². The van der Waals surface area contributed by atoms with Gasteiger partial charge in [-0.15, -0.1) is 11.6 Å². The minimum absolute atomic E-state index is 0.442. The number of halogens is 2. The Morgan fingerprint density at radius 3 is 2.80 bits per heavy atom. The Morgan fingerprint density at radius 2 is 2.15 bits per heavy atom. The number of fused-ring (bicyclic) bond motifs is 4. The van der Waals surface area contributed by atoms with Gasteiger partial charge in [-0.2, -0.15) is 0 Å². The molecule has 1 atom stereocenters. The zero-order valence-electron chi connectivity index (χ0n) is 11.1. The number of aromatic nitrogens is 3. The molecule has 3 fully saturated rings. The minimum Gasteiger partial charge on any atom is -0.307 e. The molecule has 3 saturated heterocycles. The van der Waals surface area contributed by atoms with Crippen molar-refractivity contribution in [3.8, 4) is 0 Å². The first kappa shape index (κ1) is 13.0. The SMILES string of the molecule is ClCc1nc2cc(Br)cnc2n1C1CN2CCC1CC2. The monoisotopic (exact) mass is 354 g/mol. The molecule has 0 aromatic carbocycles. The van der Waals surface area contributed by atoms with E-state index in [0.29, 0.717) is 11.9 Å². The van der Waals surface area contributed by atoms with Gasteiger partial charge in [0, 0.05) is 17.2 Å². The Morgan fingerprint density at radius 1 is 1.35 bits per heavy atom. The molecule has 1 unspecified atom stereocenters. The van der Waals surface area contributed by atoms with Gasteiger partial charge in [0.25, 0.3) is 0 Å². The van der Waals surface area contributed by atoms with Gasteiger partial charge in [0.15, 0.2) is 5.65 Å². The van der Waals surface area contributed by atoms with Crippen molar-refractivity contribution in [2.45, 2.75) is 24.8 Å². The number of hydrogen-bond acceptors (Lipinski definition) is 3. The molecule has 5 rings (SSSR count). The number of hydrogen-bond donors (Lipinski definition) is 0. The average molecular weight is 356 g/mol. The van der Waals surface area contributed by atoms with Crippen molar-refractivity contribution in [1.82, 2.24) is 19.4 Å². The summed E-state index contributed by atoms with van der Waals surface area (Å²) in [6, 6.07) is 2.50. The van der Waals surface area contributed by atoms with Crippen LogP contribution in [0.1, 0.15) is 24.7 Å². The van der Waals surface area contributed by atoms with Crippen LogP contribution in [0, 0.1) is 5.92 Å². The van der Waals surface area contributed by atoms with E-state index in [9.17, 15) is 0 Å². The van der Waals surface area contributed by atoms with Crippen LogP contribution in [-0.2, 0) is 5.88 Å². The van der Waals surface area contributed by atoms with Crippen molar-refractivity contribution < 1.29 is 0 Å². The molecule has 0 saturated carbocycles. The summed E-state index contributed by atoms with van der Waals surface area (Å²) in [4.78, 5) is 11.8. The normalized spacial score (nSPS) is 29.2. The van der Waals surface area contributed by atoms with Crippen molar-refractivity contribution in [3.05, 3.63) is 22.6 Å². The van der Waals surface area contributed by atoms with Crippen LogP contribution >= 0.6 is 27.5 Å². The van der Waals surface area contributed by atoms with Crippen molar-refractivity contribution in [2.24, 2.45) is 5.92 Å². The quantitative estimate of drug-likeness (QED) is 0.776. The predicted molar refractivity (Wildman–Crippen MR) is 83.0 cm³/mol. The fraction of sp³-hybridized carbons (Fsp3) is 0.571. The highest BCUT2D eigenvalue weighted by atomic mass is 79.9. The van der Waals surface area contributed by atoms with Gasteiger partial charge in [-0.25, -0.2) is 9.97 Å². The second-order valence-corrected chi connectivity index (χ2v) is 6.92. The third kappa shape index (κ3) is 1.98. The average Bonchev–Trinajstić information content (AvgIpc) is 2.85. The van der Waals surface area contributed by atoms with Gasteiger partial charge in [0.1, 0.15) is 11.3 Å². The van der Waals surface area contributed by atoms with Crippen LogP contribution in [0.4, 0.5) is 0 Å². The predicted octanol–water partition coefficient (Wildman–Crippen LogP) is 3.20. The molecule has 0 amide bonds. The molecule has 2 bridgehead atoms. The maximum Gasteiger partial charge on any atom is 0.160 e. The Balaban J connectivity index is 1.85. The van der Waals surface area contributed by atoms with Gasteiger partial charge in [0.05, 0.1) is 11.9 Å². The lowest BCUT2D eigenvalue weighted by atomic mass is 9.84. The molecule has 6 heteroatoms. The minimum atomic E-state index is 0.442. The van der Waals surface area contributed by atoms with Crippen molar-refractivity contribution in [1.29, 1.82) is 0 Å². The van der Waals surface area contributed by atoms with Crippen LogP contribution in [0.5, 0.6) is 0 Å². The van der Waals surface area contributed by atoms with Gasteiger partial charge in [-0.1, -0.05) is 0 Å². The van der Waals surface area contributed by atoms with E-state index in [0.717, 1.165) is 33.9 Å². The Kier molecular flexibility index (Phi) is 3.24. The number of rotatable bonds is 2. The van der Waals surface area contributed by atoms with Crippen LogP contribution < -0.4 is 0 Å². The maximum atomic E-state index is 6.13. The molecule has 0 spiro atoms. The first-order chi connectivity index (χ1) is 9.76. The second kappa shape index (κ2) is 4.97. The highest BCUT2D eigenvalue weighted by molar-refractivity contribution is 9.10. The van der Waals surface area contributed by atoms with Crippen LogP contribution in [0.15, 0.2) is 16.7 Å². The topological polar surface area (TPSA) is 34.0 Å². The van der Waals surface area contributed by atoms with Gasteiger partial charge in [-0.05, 0) is 53.8 Å². The zero-order chi connectivity index (χ0) is 13.7. The Labute approximate surface area is 131 Å². The first-order valence-corrected chi connectivity index (χ1v) is 8.39. The molecule has 2 aromatic heterocycles. The number of alkyl halides is 1. The van der Waals surface area contributed by atoms with E-state index in [2.05, 4.69) is 35.4 Å². The fourth-order valence-corrected chi connectivity index (χ4v) is 4.18. The molecule has 0 N–H and O–H groups in total. The van der Waals surface area contributed by atoms with E-state index < -0.39 is 0 Å². The van der Waals surface area contributed by atoms with E-state index in [-0.39, 0.29) is 0 Å². The molecule has 3 aliphatic heterocycles. The van der Waals surface area contributed by atoms with Crippen molar-refractivity contribution >= 4 is 38.7 Å². The molecular weight excluding hydrogens is 340 g/mol. The van der Waals surface area contributed by atoms with Gasteiger partial charge in [0.2, 0.25) is 0 Å². The molecule has 106 valence electrons. The Bertz CT molecular complexity index is 648. The smallest absolute Gasteiger partial charge is 0.160 e. The molecule has 20 heavy (non-hydrogen) atoms. The van der Waals surface area contributed by atoms with Gasteiger partial charge >= 0.3 is 0 Å². The molecule has 4 nitrogen and oxygen atoms in total. The van der Waals surface area contributed by atoms with E-state index in [1.54, 1.807) is 0 Å². The summed E-state index contributed by atoms with van der Waals surface area (Å²) in [5, 5.41) is 0. The lowest BCUT2D eigenvalue weighted by Crippen LogP contribution is -2.48. The summed E-state index contributed by atoms with van der Waals surface area (Å²) in [6.07, 6.45) is 4.41. The molecule has 0 aliphatic carbocycles. The Hall–Kier alpha value is -0.650. The van der Waals surface area contributed by atoms with E-state index in [4.69, 9.17) is 11.6 Å². The summed E-state index contributed by atoms with van der Waals surface area (Å²) in [7, 11) is 0. The van der Waals surface area contributed by atoms with Crippen LogP contribution in [0.2, 0.25) is 0 Å². The van der Waals surface area contributed by atoms with Crippen molar-refractivity contribution in [2.75, 3.05) is 19.6 Å². The van der Waals surface area contributed by atoms with E-state index in [1.165, 1.54) is 25.9 Å². The number of pyridine rings is 1. The molecule has 5 heterocycles. The van der Waals surface area contributed by atoms with Crippen LogP contribution in [0.3, 0.4) is 0 Å². The third-order valence-corrected chi connectivity index (χ3v) is 5.32. The lowest BCUT2D eigenvalue weighted by Gasteiger charge is -2.45. The molecule has 2 aromatic rings. The van der Waals surface area contributed by atoms with Crippen LogP contribution in [0.25, 0.3) is 11.2 Å². The summed E-state index contributed by atoms with van der Waals surface area (Å²) < 4.78 is 3.26. The highest BCUT2D eigenvalue weighted by Gasteiger charge is 2.37. The van der Waals surface area contributed by atoms with E-state index >= 15 is 0 Å². The maximum absolute atomic E-state index is 6.13. The number of nitrogens with zero attached hydrogens (tertiary/aromatic N) is 4. The number of piperidine rings is 3. The summed E-state index contributed by atoms with van der Waals surface area (Å²) in [6.45, 7) is 3.59. The third-order valence-electron chi connectivity index (χ3n) is 4.64. The van der Waals surface area contributed by atoms with Crippen molar-refractivity contribution in [3.63, 3.8) is 0 Å². The molecule has 3 aliphatic rings. The highest BCUT2D eigenvalue weighted by Crippen LogP contribution is 2.38. The van der Waals surface area contributed by atoms with Gasteiger partial charge < -0.3 is 9.47 Å². The summed E-state index contributed by atoms with van der Waals surface area (Å²) in [5.74, 6) is 2.13. The fourth-order valence-electron chi connectivity index (χ4n) is 3.67. The van der Waals surface area contributed by atoms with Crippen LogP contribution in [-0.4, -0.2) is 39.1 Å². The first-order valence-electron chi connectivity index (χ1n) is 7.07. The largest absolute Gasteiger partial charge is 0.307 e. The summed E-state index contributed by atoms with van der Waals surface area (Å²) >= 11 is 9.59. The second-order valence-electron chi connectivity index (χ2n) is 5.73. The number of imidazole rings is 1. The summed E-state index contributed by atoms with van der Waals surface area (Å²) in [5.41, 5.74) is 1.91. The zero-order valence-corrected chi connectivity index (χ0v) is 13.4. The molecule has 0 radical (unpaired) electrons. The standard InChI is InChI=1S/C14H16BrClN4/c15-10-5-11-14(17-7-10)20(13(6-16)18-11)12-8-19-3-1-9(12)2-4-19/h5,7,9,12H,1-4,6,8H2.